The van der Waals surface area contributed by atoms with Crippen LogP contribution in [0.4, 0.5) is 17.6 Å². The lowest BCUT2D eigenvalue weighted by atomic mass is 9.64. The highest BCUT2D eigenvalue weighted by Crippen LogP contribution is 2.48. The van der Waals surface area contributed by atoms with E-state index in [0.29, 0.717) is 37.7 Å². The van der Waals surface area contributed by atoms with Gasteiger partial charge >= 0.3 is 0 Å². The van der Waals surface area contributed by atoms with Crippen LogP contribution in [0.3, 0.4) is 0 Å². The number of halogens is 4. The summed E-state index contributed by atoms with van der Waals surface area (Å²) < 4.78 is 62.8. The van der Waals surface area contributed by atoms with Crippen molar-refractivity contribution < 1.29 is 22.3 Å². The molecule has 3 aliphatic carbocycles. The first kappa shape index (κ1) is 23.3. The first-order valence-corrected chi connectivity index (χ1v) is 12.1. The molecule has 0 aromatic carbocycles. The molecule has 29 heavy (non-hydrogen) atoms. The summed E-state index contributed by atoms with van der Waals surface area (Å²) in [5.41, 5.74) is 0. The van der Waals surface area contributed by atoms with Gasteiger partial charge in [-0.15, -0.1) is 0 Å². The minimum Gasteiger partial charge on any atom is -0.375 e. The zero-order valence-corrected chi connectivity index (χ0v) is 18.2. The molecule has 0 amide bonds. The number of rotatable bonds is 7. The second kappa shape index (κ2) is 10.3. The lowest BCUT2D eigenvalue weighted by Crippen LogP contribution is -2.46. The van der Waals surface area contributed by atoms with E-state index in [1.54, 1.807) is 6.92 Å². The molecule has 1 nitrogen and oxygen atoms in total. The van der Waals surface area contributed by atoms with Gasteiger partial charge < -0.3 is 4.74 Å². The van der Waals surface area contributed by atoms with E-state index in [0.717, 1.165) is 51.4 Å². The van der Waals surface area contributed by atoms with Gasteiger partial charge in [-0.1, -0.05) is 13.8 Å². The maximum Gasteiger partial charge on any atom is 0.250 e. The summed E-state index contributed by atoms with van der Waals surface area (Å²) in [6.45, 7) is 4.06. The van der Waals surface area contributed by atoms with E-state index in [9.17, 15) is 17.6 Å². The third-order valence-corrected chi connectivity index (χ3v) is 8.32. The van der Waals surface area contributed by atoms with E-state index in [-0.39, 0.29) is 18.3 Å². The fourth-order valence-corrected chi connectivity index (χ4v) is 6.40. The predicted molar refractivity (Wildman–Crippen MR) is 109 cm³/mol. The van der Waals surface area contributed by atoms with Crippen molar-refractivity contribution in [2.75, 3.05) is 6.61 Å². The minimum absolute atomic E-state index is 0.0564. The van der Waals surface area contributed by atoms with Gasteiger partial charge in [0.2, 0.25) is 0 Å². The smallest absolute Gasteiger partial charge is 0.250 e. The van der Waals surface area contributed by atoms with Gasteiger partial charge in [-0.05, 0) is 94.3 Å². The van der Waals surface area contributed by atoms with Gasteiger partial charge in [-0.25, -0.2) is 17.6 Å². The molecule has 0 N–H and O–H groups in total. The van der Waals surface area contributed by atoms with Gasteiger partial charge in [0.05, 0.1) is 6.10 Å². The topological polar surface area (TPSA) is 9.23 Å². The maximum atomic E-state index is 14.8. The summed E-state index contributed by atoms with van der Waals surface area (Å²) in [4.78, 5) is 0. The standard InChI is InChI=1S/C24H40F4O/c1-3-15-29-21-14-13-20(22(25)23(21)26)18-7-5-16(6-8-18)17-9-11-19(12-10-17)24(27,28)4-2/h16-23H,3-15H2,1-2H3. The average Bonchev–Trinajstić information content (AvgIpc) is 2.75. The van der Waals surface area contributed by atoms with Gasteiger partial charge in [-0.3, -0.25) is 0 Å². The molecule has 0 heterocycles. The van der Waals surface area contributed by atoms with Crippen LogP contribution in [0.15, 0.2) is 0 Å². The van der Waals surface area contributed by atoms with Crippen molar-refractivity contribution in [3.05, 3.63) is 0 Å². The van der Waals surface area contributed by atoms with Crippen molar-refractivity contribution in [1.82, 2.24) is 0 Å². The fraction of sp³-hybridized carbons (Fsp3) is 1.00. The van der Waals surface area contributed by atoms with E-state index in [4.69, 9.17) is 4.74 Å². The van der Waals surface area contributed by atoms with Crippen molar-refractivity contribution in [2.45, 2.75) is 115 Å². The third kappa shape index (κ3) is 5.49. The van der Waals surface area contributed by atoms with Crippen LogP contribution in [0.5, 0.6) is 0 Å². The number of alkyl halides is 4. The molecule has 0 aliphatic heterocycles. The van der Waals surface area contributed by atoms with Gasteiger partial charge in [0.1, 0.15) is 6.17 Å². The average molecular weight is 421 g/mol. The Balaban J connectivity index is 1.44. The molecule has 3 fully saturated rings. The highest BCUT2D eigenvalue weighted by atomic mass is 19.3. The molecular formula is C24H40F4O. The van der Waals surface area contributed by atoms with Crippen LogP contribution < -0.4 is 0 Å². The van der Waals surface area contributed by atoms with E-state index >= 15 is 0 Å². The molecule has 0 bridgehead atoms. The normalized spacial score (nSPS) is 42.0. The summed E-state index contributed by atoms with van der Waals surface area (Å²) in [7, 11) is 0. The van der Waals surface area contributed by atoms with Gasteiger partial charge in [0, 0.05) is 18.9 Å². The van der Waals surface area contributed by atoms with Crippen LogP contribution in [0.2, 0.25) is 0 Å². The van der Waals surface area contributed by atoms with Crippen LogP contribution >= 0.6 is 0 Å². The molecule has 3 aliphatic rings. The van der Waals surface area contributed by atoms with Crippen LogP contribution in [-0.2, 0) is 4.74 Å². The van der Waals surface area contributed by atoms with Crippen molar-refractivity contribution in [2.24, 2.45) is 29.6 Å². The summed E-state index contributed by atoms with van der Waals surface area (Å²) >= 11 is 0. The Kier molecular flexibility index (Phi) is 8.31. The monoisotopic (exact) mass is 420 g/mol. The largest absolute Gasteiger partial charge is 0.375 e. The van der Waals surface area contributed by atoms with Gasteiger partial charge in [0.15, 0.2) is 6.17 Å². The Morgan fingerprint density at radius 2 is 1.28 bits per heavy atom. The third-order valence-electron chi connectivity index (χ3n) is 8.32. The second-order valence-electron chi connectivity index (χ2n) is 9.94. The molecule has 3 saturated carbocycles. The molecule has 4 atom stereocenters. The van der Waals surface area contributed by atoms with E-state index in [1.807, 2.05) is 6.92 Å². The fourth-order valence-electron chi connectivity index (χ4n) is 6.40. The predicted octanol–water partition coefficient (Wildman–Crippen LogP) is 7.53. The molecule has 3 rings (SSSR count). The number of hydrogen-bond acceptors (Lipinski definition) is 1. The molecule has 170 valence electrons. The number of hydrogen-bond donors (Lipinski definition) is 0. The molecule has 0 radical (unpaired) electrons. The molecule has 4 unspecified atom stereocenters. The SMILES string of the molecule is CCCOC1CCC(C2CCC(C3CCC(C(F)(F)CC)CC3)CC2)C(F)C1F. The Morgan fingerprint density at radius 3 is 1.83 bits per heavy atom. The Bertz CT molecular complexity index is 483. The Hall–Kier alpha value is -0.320. The van der Waals surface area contributed by atoms with Crippen LogP contribution in [0.25, 0.3) is 0 Å². The zero-order chi connectivity index (χ0) is 21.0. The summed E-state index contributed by atoms with van der Waals surface area (Å²) in [5.74, 6) is -1.72. The lowest BCUT2D eigenvalue weighted by molar-refractivity contribution is -0.0901. The van der Waals surface area contributed by atoms with E-state index in [1.165, 1.54) is 0 Å². The zero-order valence-electron chi connectivity index (χ0n) is 18.2. The Labute approximate surface area is 174 Å². The molecular weight excluding hydrogens is 380 g/mol. The van der Waals surface area contributed by atoms with Gasteiger partial charge in [0.25, 0.3) is 5.92 Å². The van der Waals surface area contributed by atoms with Crippen LogP contribution in [0, 0.1) is 29.6 Å². The molecule has 0 aromatic rings. The number of ether oxygens (including phenoxy) is 1. The molecule has 0 aromatic heterocycles. The quantitative estimate of drug-likeness (QED) is 0.387. The van der Waals surface area contributed by atoms with Crippen molar-refractivity contribution >= 4 is 0 Å². The molecule has 5 heteroatoms. The van der Waals surface area contributed by atoms with E-state index < -0.39 is 30.3 Å². The van der Waals surface area contributed by atoms with Gasteiger partial charge in [-0.2, -0.15) is 0 Å². The van der Waals surface area contributed by atoms with Crippen molar-refractivity contribution in [3.8, 4) is 0 Å². The Morgan fingerprint density at radius 1 is 0.724 bits per heavy atom. The summed E-state index contributed by atoms with van der Waals surface area (Å²) in [6, 6.07) is 0. The second-order valence-corrected chi connectivity index (χ2v) is 9.94. The van der Waals surface area contributed by atoms with E-state index in [2.05, 4.69) is 0 Å². The highest BCUT2D eigenvalue weighted by Gasteiger charge is 2.46. The first-order valence-electron chi connectivity index (χ1n) is 12.1. The van der Waals surface area contributed by atoms with Crippen LogP contribution in [0.1, 0.15) is 90.9 Å². The first-order chi connectivity index (χ1) is 13.9. The van der Waals surface area contributed by atoms with Crippen molar-refractivity contribution in [3.63, 3.8) is 0 Å². The molecule has 0 spiro atoms. The van der Waals surface area contributed by atoms with Crippen LogP contribution in [-0.4, -0.2) is 31.0 Å². The molecule has 0 saturated heterocycles. The maximum absolute atomic E-state index is 14.8. The summed E-state index contributed by atoms with van der Waals surface area (Å²) in [6.07, 6.45) is 5.80. The lowest BCUT2D eigenvalue weighted by Gasteiger charge is -2.43. The van der Waals surface area contributed by atoms with Crippen molar-refractivity contribution in [1.29, 1.82) is 0 Å². The minimum atomic E-state index is -2.51. The summed E-state index contributed by atoms with van der Waals surface area (Å²) in [5, 5.41) is 0. The highest BCUT2D eigenvalue weighted by molar-refractivity contribution is 4.94.